The molecule has 0 spiro atoms. The number of unbranched alkanes of at least 4 members (excludes halogenated alkanes) is 16. The Bertz CT molecular complexity index is 957. The van der Waals surface area contributed by atoms with Crippen molar-refractivity contribution in [1.82, 2.24) is 5.32 Å². The van der Waals surface area contributed by atoms with E-state index in [-0.39, 0.29) is 18.0 Å². The van der Waals surface area contributed by atoms with E-state index < -0.39 is 12.0 Å². The predicted octanol–water partition coefficient (Wildman–Crippen LogP) is 12.0. The summed E-state index contributed by atoms with van der Waals surface area (Å²) in [4.78, 5) is 36.3. The number of ether oxygens (including phenoxy) is 1. The van der Waals surface area contributed by atoms with Gasteiger partial charge in [0.15, 0.2) is 0 Å². The highest BCUT2D eigenvalue weighted by atomic mass is 16.5. The van der Waals surface area contributed by atoms with Gasteiger partial charge in [0.2, 0.25) is 5.91 Å². The van der Waals surface area contributed by atoms with Crippen LogP contribution in [-0.4, -0.2) is 41.6 Å². The average molecular weight is 729 g/mol. The van der Waals surface area contributed by atoms with Gasteiger partial charge in [-0.2, -0.15) is 0 Å². The first kappa shape index (κ1) is 49.3. The third-order valence-electron chi connectivity index (χ3n) is 9.42. The molecular weight excluding hydrogens is 649 g/mol. The van der Waals surface area contributed by atoms with Crippen molar-refractivity contribution >= 4 is 17.8 Å². The third-order valence-corrected chi connectivity index (χ3v) is 9.42. The lowest BCUT2D eigenvalue weighted by Gasteiger charge is -2.17. The summed E-state index contributed by atoms with van der Waals surface area (Å²) in [6.45, 7) is 4.82. The highest BCUT2D eigenvalue weighted by Gasteiger charge is 2.19. The van der Waals surface area contributed by atoms with Gasteiger partial charge in [-0.05, 0) is 83.6 Å². The number of carboxylic acids is 1. The summed E-state index contributed by atoms with van der Waals surface area (Å²) in [5, 5.41) is 11.9. The van der Waals surface area contributed by atoms with Crippen LogP contribution in [0.25, 0.3) is 0 Å². The summed E-state index contributed by atoms with van der Waals surface area (Å²) in [5.74, 6) is -1.28. The zero-order valence-corrected chi connectivity index (χ0v) is 33.6. The van der Waals surface area contributed by atoms with Crippen molar-refractivity contribution in [3.63, 3.8) is 0 Å². The van der Waals surface area contributed by atoms with Gasteiger partial charge in [0.25, 0.3) is 0 Å². The minimum absolute atomic E-state index is 0.0598. The van der Waals surface area contributed by atoms with E-state index >= 15 is 0 Å². The van der Waals surface area contributed by atoms with Crippen molar-refractivity contribution in [2.24, 2.45) is 5.73 Å². The molecule has 0 saturated carbocycles. The summed E-state index contributed by atoms with van der Waals surface area (Å²) in [6, 6.07) is -0.864. The average Bonchev–Trinajstić information content (AvgIpc) is 3.13. The molecule has 0 fully saturated rings. The molecule has 2 unspecified atom stereocenters. The van der Waals surface area contributed by atoms with Gasteiger partial charge < -0.3 is 20.9 Å². The summed E-state index contributed by atoms with van der Waals surface area (Å²) >= 11 is 0. The standard InChI is InChI=1S/C45H80N2O5/c1-3-5-7-9-11-13-15-17-19-21-23-26-30-35-41(36-31-27-25-28-32-38-43(48)47-42(45(50)51)37-34-40-46)52-44(49)39-33-29-24-22-20-18-16-14-12-10-8-6-4-2/h5,7,11,13,17,19,23,26,41-42H,3-4,6,8-10,12,14-16,18,20-22,24-25,27-40,46H2,1-2H3,(H,47,48)(H,50,51)/b7-5-,13-11-,19-17-,26-23-. The fraction of sp³-hybridized carbons (Fsp3) is 0.756. The van der Waals surface area contributed by atoms with Crippen LogP contribution in [0.15, 0.2) is 48.6 Å². The van der Waals surface area contributed by atoms with E-state index in [9.17, 15) is 19.5 Å². The fourth-order valence-corrected chi connectivity index (χ4v) is 6.21. The minimum Gasteiger partial charge on any atom is -0.480 e. The minimum atomic E-state index is -1.01. The summed E-state index contributed by atoms with van der Waals surface area (Å²) in [6.07, 6.45) is 47.3. The van der Waals surface area contributed by atoms with Crippen LogP contribution in [0.5, 0.6) is 0 Å². The summed E-state index contributed by atoms with van der Waals surface area (Å²) in [7, 11) is 0. The predicted molar refractivity (Wildman–Crippen MR) is 220 cm³/mol. The molecule has 0 aromatic heterocycles. The van der Waals surface area contributed by atoms with Gasteiger partial charge in [-0.25, -0.2) is 4.79 Å². The Hall–Kier alpha value is -2.67. The lowest BCUT2D eigenvalue weighted by Crippen LogP contribution is -2.40. The van der Waals surface area contributed by atoms with E-state index in [1.807, 2.05) is 0 Å². The van der Waals surface area contributed by atoms with Crippen LogP contribution in [0.2, 0.25) is 0 Å². The van der Waals surface area contributed by atoms with Crippen molar-refractivity contribution in [2.75, 3.05) is 6.54 Å². The SMILES string of the molecule is CC/C=C\C/C=C\C/C=C\C/C=C\CCC(CCCCCCCC(=O)NC(CCCN)C(=O)O)OC(=O)CCCCCCCCCCCCCCC. The number of hydrogen-bond donors (Lipinski definition) is 3. The molecule has 0 rings (SSSR count). The van der Waals surface area contributed by atoms with Crippen LogP contribution in [0.3, 0.4) is 0 Å². The molecule has 4 N–H and O–H groups in total. The Balaban J connectivity index is 4.44. The van der Waals surface area contributed by atoms with Crippen LogP contribution >= 0.6 is 0 Å². The number of carboxylic acid groups (broad SMARTS) is 1. The number of hydrogen-bond acceptors (Lipinski definition) is 5. The largest absolute Gasteiger partial charge is 0.480 e. The summed E-state index contributed by atoms with van der Waals surface area (Å²) < 4.78 is 6.00. The first-order chi connectivity index (χ1) is 25.4. The molecule has 0 radical (unpaired) electrons. The quantitative estimate of drug-likeness (QED) is 0.0331. The van der Waals surface area contributed by atoms with E-state index in [0.717, 1.165) is 89.9 Å². The second-order valence-electron chi connectivity index (χ2n) is 14.4. The zero-order valence-electron chi connectivity index (χ0n) is 33.6. The maximum Gasteiger partial charge on any atom is 0.326 e. The van der Waals surface area contributed by atoms with E-state index in [1.165, 1.54) is 70.6 Å². The number of amides is 1. The normalized spacial score (nSPS) is 13.1. The smallest absolute Gasteiger partial charge is 0.326 e. The van der Waals surface area contributed by atoms with E-state index in [0.29, 0.717) is 32.2 Å². The second-order valence-corrected chi connectivity index (χ2v) is 14.4. The number of nitrogens with one attached hydrogen (secondary N) is 1. The molecule has 0 aromatic carbocycles. The van der Waals surface area contributed by atoms with Gasteiger partial charge in [0.1, 0.15) is 12.1 Å². The number of aliphatic carboxylic acids is 1. The Morgan fingerprint density at radius 1 is 0.577 bits per heavy atom. The molecule has 52 heavy (non-hydrogen) atoms. The van der Waals surface area contributed by atoms with Crippen molar-refractivity contribution in [3.05, 3.63) is 48.6 Å². The van der Waals surface area contributed by atoms with E-state index in [1.54, 1.807) is 0 Å². The molecule has 0 aromatic rings. The molecule has 7 heteroatoms. The lowest BCUT2D eigenvalue weighted by molar-refractivity contribution is -0.150. The van der Waals surface area contributed by atoms with Gasteiger partial charge in [0.05, 0.1) is 0 Å². The highest BCUT2D eigenvalue weighted by molar-refractivity contribution is 5.83. The maximum atomic E-state index is 12.8. The monoisotopic (exact) mass is 729 g/mol. The number of esters is 1. The van der Waals surface area contributed by atoms with E-state index in [2.05, 4.69) is 67.8 Å². The highest BCUT2D eigenvalue weighted by Crippen LogP contribution is 2.17. The van der Waals surface area contributed by atoms with Crippen molar-refractivity contribution < 1.29 is 24.2 Å². The Morgan fingerprint density at radius 3 is 1.58 bits per heavy atom. The topological polar surface area (TPSA) is 119 Å². The number of carbonyl (C=O) groups excluding carboxylic acids is 2. The molecule has 0 aliphatic carbocycles. The lowest BCUT2D eigenvalue weighted by atomic mass is 10.0. The Kier molecular flexibility index (Phi) is 37.5. The van der Waals surface area contributed by atoms with Crippen molar-refractivity contribution in [3.8, 4) is 0 Å². The van der Waals surface area contributed by atoms with Crippen LogP contribution in [-0.2, 0) is 19.1 Å². The molecule has 0 saturated heterocycles. The van der Waals surface area contributed by atoms with Crippen molar-refractivity contribution in [1.29, 1.82) is 0 Å². The van der Waals surface area contributed by atoms with Gasteiger partial charge in [-0.15, -0.1) is 0 Å². The van der Waals surface area contributed by atoms with Gasteiger partial charge >= 0.3 is 11.9 Å². The number of allylic oxidation sites excluding steroid dienone is 8. The molecule has 2 atom stereocenters. The maximum absolute atomic E-state index is 12.8. The molecule has 1 amide bonds. The first-order valence-corrected chi connectivity index (χ1v) is 21.5. The van der Waals surface area contributed by atoms with Gasteiger partial charge in [0, 0.05) is 12.8 Å². The van der Waals surface area contributed by atoms with E-state index in [4.69, 9.17) is 10.5 Å². The van der Waals surface area contributed by atoms with Gasteiger partial charge in [-0.1, -0.05) is 159 Å². The second kappa shape index (κ2) is 39.5. The fourth-order valence-electron chi connectivity index (χ4n) is 6.21. The molecule has 0 aliphatic heterocycles. The number of nitrogens with two attached hydrogens (primary N) is 1. The van der Waals surface area contributed by atoms with Crippen LogP contribution in [0.4, 0.5) is 0 Å². The zero-order chi connectivity index (χ0) is 38.2. The summed E-state index contributed by atoms with van der Waals surface area (Å²) in [5.41, 5.74) is 5.48. The molecule has 0 heterocycles. The molecule has 0 bridgehead atoms. The van der Waals surface area contributed by atoms with Crippen molar-refractivity contribution in [2.45, 2.75) is 212 Å². The molecule has 0 aliphatic rings. The van der Waals surface area contributed by atoms with Crippen LogP contribution in [0.1, 0.15) is 200 Å². The number of carbonyl (C=O) groups is 3. The number of rotatable bonds is 38. The van der Waals surface area contributed by atoms with Crippen LogP contribution in [0, 0.1) is 0 Å². The Morgan fingerprint density at radius 2 is 1.06 bits per heavy atom. The third kappa shape index (κ3) is 35.7. The molecular formula is C45H80N2O5. The first-order valence-electron chi connectivity index (χ1n) is 21.5. The Labute approximate surface area is 319 Å². The molecule has 7 nitrogen and oxygen atoms in total. The van der Waals surface area contributed by atoms with Crippen LogP contribution < -0.4 is 11.1 Å². The van der Waals surface area contributed by atoms with Gasteiger partial charge in [-0.3, -0.25) is 9.59 Å². The molecule has 300 valence electrons.